The summed E-state index contributed by atoms with van der Waals surface area (Å²) in [5.41, 5.74) is 4.00. The quantitative estimate of drug-likeness (QED) is 0.142. The van der Waals surface area contributed by atoms with Crippen LogP contribution < -0.4 is 20.3 Å². The molecule has 0 atom stereocenters. The van der Waals surface area contributed by atoms with Gasteiger partial charge in [-0.05, 0) is 74.1 Å². The number of rotatable bonds is 8. The SMILES string of the molecule is COc1ccc(-c2csc(NC(=O)CSc3nc4sc5c(c4c(=O)n3-c3cccc(Cl)c3C)CCCC5)n2)cc1OC. The van der Waals surface area contributed by atoms with E-state index in [1.807, 2.05) is 42.6 Å². The molecule has 1 amide bonds. The van der Waals surface area contributed by atoms with Gasteiger partial charge in [-0.15, -0.1) is 22.7 Å². The van der Waals surface area contributed by atoms with Crippen molar-refractivity contribution >= 4 is 67.3 Å². The number of hydrogen-bond donors (Lipinski definition) is 1. The summed E-state index contributed by atoms with van der Waals surface area (Å²) >= 11 is 10.6. The van der Waals surface area contributed by atoms with Crippen LogP contribution in [0.4, 0.5) is 5.13 Å². The fourth-order valence-corrected chi connectivity index (χ4v) is 8.09. The third kappa shape index (κ3) is 5.42. The highest BCUT2D eigenvalue weighted by molar-refractivity contribution is 7.99. The smallest absolute Gasteiger partial charge is 0.267 e. The second-order valence-electron chi connectivity index (χ2n) is 9.75. The minimum Gasteiger partial charge on any atom is -0.493 e. The molecule has 42 heavy (non-hydrogen) atoms. The highest BCUT2D eigenvalue weighted by atomic mass is 35.5. The van der Waals surface area contributed by atoms with Crippen LogP contribution in [0.2, 0.25) is 5.02 Å². The van der Waals surface area contributed by atoms with Gasteiger partial charge in [0.25, 0.3) is 5.56 Å². The molecule has 1 N–H and O–H groups in total. The highest BCUT2D eigenvalue weighted by Gasteiger charge is 2.24. The number of thiophene rings is 1. The standard InChI is InChI=1S/C30H27ClN4O4S3/c1-16-19(31)8-6-9-21(16)35-28(37)26-18-7-4-5-10-24(18)42-27(26)34-30(35)41-15-25(36)33-29-32-20(14-40-29)17-11-12-22(38-2)23(13-17)39-3/h6,8-9,11-14H,4-5,7,10,15H2,1-3H3,(H,32,33,36). The maximum atomic E-state index is 14.1. The van der Waals surface area contributed by atoms with Gasteiger partial charge >= 0.3 is 0 Å². The van der Waals surface area contributed by atoms with Crippen LogP contribution in [0.5, 0.6) is 11.5 Å². The Balaban J connectivity index is 1.27. The molecule has 0 aliphatic heterocycles. The lowest BCUT2D eigenvalue weighted by atomic mass is 9.97. The van der Waals surface area contributed by atoms with Crippen molar-refractivity contribution in [3.8, 4) is 28.4 Å². The Morgan fingerprint density at radius 2 is 1.93 bits per heavy atom. The third-order valence-electron chi connectivity index (χ3n) is 7.20. The molecule has 2 aromatic carbocycles. The van der Waals surface area contributed by atoms with Crippen LogP contribution >= 0.6 is 46.0 Å². The number of methoxy groups -OCH3 is 2. The van der Waals surface area contributed by atoms with E-state index in [1.165, 1.54) is 28.0 Å². The summed E-state index contributed by atoms with van der Waals surface area (Å²) in [4.78, 5) is 38.6. The van der Waals surface area contributed by atoms with Crippen molar-refractivity contribution in [3.05, 3.63) is 73.2 Å². The molecule has 6 rings (SSSR count). The number of aryl methyl sites for hydroxylation is 2. The molecule has 0 fully saturated rings. The maximum absolute atomic E-state index is 14.1. The number of thioether (sulfide) groups is 1. The average molecular weight is 639 g/mol. The number of anilines is 1. The van der Waals surface area contributed by atoms with Gasteiger partial charge in [-0.25, -0.2) is 9.97 Å². The van der Waals surface area contributed by atoms with Crippen molar-refractivity contribution in [1.82, 2.24) is 14.5 Å². The van der Waals surface area contributed by atoms with E-state index in [9.17, 15) is 9.59 Å². The van der Waals surface area contributed by atoms with Gasteiger partial charge in [0.15, 0.2) is 21.8 Å². The Hall–Kier alpha value is -3.38. The van der Waals surface area contributed by atoms with Crippen molar-refractivity contribution in [3.63, 3.8) is 0 Å². The molecule has 0 unspecified atom stereocenters. The maximum Gasteiger partial charge on any atom is 0.267 e. The van der Waals surface area contributed by atoms with Crippen molar-refractivity contribution in [2.24, 2.45) is 0 Å². The van der Waals surface area contributed by atoms with E-state index < -0.39 is 0 Å². The highest BCUT2D eigenvalue weighted by Crippen LogP contribution is 2.36. The van der Waals surface area contributed by atoms with E-state index in [0.29, 0.717) is 43.6 Å². The van der Waals surface area contributed by atoms with Crippen LogP contribution in [-0.2, 0) is 17.6 Å². The lowest BCUT2D eigenvalue weighted by Crippen LogP contribution is -2.24. The Morgan fingerprint density at radius 3 is 2.74 bits per heavy atom. The summed E-state index contributed by atoms with van der Waals surface area (Å²) in [6.07, 6.45) is 4.04. The molecule has 12 heteroatoms. The number of halogens is 1. The van der Waals surface area contributed by atoms with Crippen LogP contribution in [0.1, 0.15) is 28.8 Å². The van der Waals surface area contributed by atoms with Crippen LogP contribution in [0.15, 0.2) is 51.7 Å². The number of benzene rings is 2. The molecule has 1 aliphatic carbocycles. The lowest BCUT2D eigenvalue weighted by molar-refractivity contribution is -0.113. The number of ether oxygens (including phenoxy) is 2. The molecule has 5 aromatic rings. The molecule has 0 spiro atoms. The number of fused-ring (bicyclic) bond motifs is 3. The van der Waals surface area contributed by atoms with E-state index in [2.05, 4.69) is 10.3 Å². The zero-order chi connectivity index (χ0) is 29.4. The van der Waals surface area contributed by atoms with E-state index in [4.69, 9.17) is 26.1 Å². The number of carbonyl (C=O) groups excluding carboxylic acids is 1. The lowest BCUT2D eigenvalue weighted by Gasteiger charge is -2.15. The average Bonchev–Trinajstić information content (AvgIpc) is 3.62. The summed E-state index contributed by atoms with van der Waals surface area (Å²) in [7, 11) is 3.17. The Labute approximate surface area is 259 Å². The first-order valence-corrected chi connectivity index (χ1v) is 16.4. The Kier molecular flexibility index (Phi) is 8.26. The van der Waals surface area contributed by atoms with Gasteiger partial charge in [-0.2, -0.15) is 0 Å². The van der Waals surface area contributed by atoms with Gasteiger partial charge in [0.1, 0.15) is 4.83 Å². The predicted molar refractivity (Wildman–Crippen MR) is 172 cm³/mol. The van der Waals surface area contributed by atoms with E-state index >= 15 is 0 Å². The van der Waals surface area contributed by atoms with Gasteiger partial charge in [-0.1, -0.05) is 29.4 Å². The first kappa shape index (κ1) is 28.7. The normalized spacial score (nSPS) is 12.8. The number of aromatic nitrogens is 3. The summed E-state index contributed by atoms with van der Waals surface area (Å²) < 4.78 is 12.3. The molecule has 0 radical (unpaired) electrons. The molecular formula is C30H27ClN4O4S3. The fourth-order valence-electron chi connectivity index (χ4n) is 5.08. The molecule has 0 bridgehead atoms. The number of hydrogen-bond acceptors (Lipinski definition) is 9. The third-order valence-corrected chi connectivity index (χ3v) is 10.5. The zero-order valence-electron chi connectivity index (χ0n) is 23.2. The predicted octanol–water partition coefficient (Wildman–Crippen LogP) is 7.16. The summed E-state index contributed by atoms with van der Waals surface area (Å²) in [5.74, 6) is 1.03. The number of nitrogens with zero attached hydrogens (tertiary/aromatic N) is 3. The van der Waals surface area contributed by atoms with Crippen molar-refractivity contribution in [2.75, 3.05) is 25.3 Å². The molecule has 3 aromatic heterocycles. The van der Waals surface area contributed by atoms with E-state index in [-0.39, 0.29) is 17.2 Å². The van der Waals surface area contributed by atoms with Crippen LogP contribution in [0.25, 0.3) is 27.2 Å². The molecule has 0 saturated carbocycles. The summed E-state index contributed by atoms with van der Waals surface area (Å²) in [6.45, 7) is 1.89. The Morgan fingerprint density at radius 1 is 1.12 bits per heavy atom. The van der Waals surface area contributed by atoms with Gasteiger partial charge < -0.3 is 14.8 Å². The van der Waals surface area contributed by atoms with Crippen molar-refractivity contribution < 1.29 is 14.3 Å². The minimum absolute atomic E-state index is 0.0495. The molecule has 8 nitrogen and oxygen atoms in total. The van der Waals surface area contributed by atoms with Crippen LogP contribution in [0.3, 0.4) is 0 Å². The molecule has 0 saturated heterocycles. The topological polar surface area (TPSA) is 95.3 Å². The molecular weight excluding hydrogens is 612 g/mol. The number of nitrogens with one attached hydrogen (secondary N) is 1. The fraction of sp³-hybridized carbons (Fsp3) is 0.267. The second-order valence-corrected chi connectivity index (χ2v) is 13.0. The molecule has 216 valence electrons. The number of thiazole rings is 1. The van der Waals surface area contributed by atoms with Gasteiger partial charge in [0.05, 0.1) is 36.7 Å². The van der Waals surface area contributed by atoms with Crippen LogP contribution in [0, 0.1) is 6.92 Å². The van der Waals surface area contributed by atoms with E-state index in [1.54, 1.807) is 36.2 Å². The van der Waals surface area contributed by atoms with E-state index in [0.717, 1.165) is 47.2 Å². The number of amides is 1. The van der Waals surface area contributed by atoms with Gasteiger partial charge in [0, 0.05) is 20.8 Å². The van der Waals surface area contributed by atoms with Crippen molar-refractivity contribution in [2.45, 2.75) is 37.8 Å². The largest absolute Gasteiger partial charge is 0.493 e. The zero-order valence-corrected chi connectivity index (χ0v) is 26.4. The first-order valence-electron chi connectivity index (χ1n) is 13.3. The first-order chi connectivity index (χ1) is 20.4. The Bertz CT molecular complexity index is 1880. The van der Waals surface area contributed by atoms with Crippen LogP contribution in [-0.4, -0.2) is 40.4 Å². The van der Waals surface area contributed by atoms with Crippen molar-refractivity contribution in [1.29, 1.82) is 0 Å². The number of carbonyl (C=O) groups is 1. The van der Waals surface area contributed by atoms with Gasteiger partial charge in [-0.3, -0.25) is 14.2 Å². The minimum atomic E-state index is -0.248. The second kappa shape index (κ2) is 12.1. The molecule has 3 heterocycles. The monoisotopic (exact) mass is 638 g/mol. The summed E-state index contributed by atoms with van der Waals surface area (Å²) in [5, 5.41) is 6.94. The van der Waals surface area contributed by atoms with Gasteiger partial charge in [0.2, 0.25) is 5.91 Å². The molecule has 1 aliphatic rings. The summed E-state index contributed by atoms with van der Waals surface area (Å²) in [6, 6.07) is 11.0.